The lowest BCUT2D eigenvalue weighted by atomic mass is 10.1. The van der Waals surface area contributed by atoms with Gasteiger partial charge in [-0.1, -0.05) is 25.2 Å². The van der Waals surface area contributed by atoms with E-state index in [1.54, 1.807) is 12.1 Å². The Kier molecular flexibility index (Phi) is 4.60. The predicted molar refractivity (Wildman–Crippen MR) is 78.3 cm³/mol. The van der Waals surface area contributed by atoms with Crippen molar-refractivity contribution in [2.75, 3.05) is 5.32 Å². The van der Waals surface area contributed by atoms with Crippen LogP contribution in [0.25, 0.3) is 0 Å². The van der Waals surface area contributed by atoms with E-state index in [1.165, 1.54) is 17.5 Å². The second-order valence-electron chi connectivity index (χ2n) is 4.42. The van der Waals surface area contributed by atoms with Crippen molar-refractivity contribution in [1.82, 2.24) is 15.2 Å². The molecule has 100 valence electrons. The van der Waals surface area contributed by atoms with Crippen molar-refractivity contribution in [2.45, 2.75) is 20.3 Å². The zero-order valence-corrected chi connectivity index (χ0v) is 13.0. The number of carbonyl (C=O) groups excluding carboxylic acids is 1. The number of amides is 1. The molecule has 0 aromatic carbocycles. The van der Waals surface area contributed by atoms with Crippen molar-refractivity contribution in [3.63, 3.8) is 0 Å². The molecule has 0 saturated heterocycles. The molecule has 2 aromatic rings. The molecule has 0 aliphatic heterocycles. The molecule has 0 saturated carbocycles. The number of nitrogens with zero attached hydrogens (tertiary/aromatic N) is 3. The second-order valence-corrected chi connectivity index (χ2v) is 6.30. The molecule has 2 aromatic heterocycles. The van der Waals surface area contributed by atoms with Crippen LogP contribution >= 0.6 is 27.3 Å². The van der Waals surface area contributed by atoms with E-state index < -0.39 is 0 Å². The molecule has 0 spiro atoms. The van der Waals surface area contributed by atoms with Crippen molar-refractivity contribution in [3.05, 3.63) is 33.5 Å². The van der Waals surface area contributed by atoms with Gasteiger partial charge in [-0.05, 0) is 34.0 Å². The third kappa shape index (κ3) is 4.07. The maximum Gasteiger partial charge on any atom is 0.259 e. The number of aromatic nitrogens is 3. The van der Waals surface area contributed by atoms with Gasteiger partial charge in [0.05, 0.1) is 5.56 Å². The number of anilines is 1. The summed E-state index contributed by atoms with van der Waals surface area (Å²) in [4.78, 5) is 15.9. The van der Waals surface area contributed by atoms with Crippen LogP contribution in [0, 0.1) is 5.92 Å². The van der Waals surface area contributed by atoms with Crippen molar-refractivity contribution >= 4 is 38.3 Å². The van der Waals surface area contributed by atoms with Crippen LogP contribution in [0.1, 0.15) is 29.2 Å². The van der Waals surface area contributed by atoms with Crippen LogP contribution in [0.4, 0.5) is 5.13 Å². The lowest BCUT2D eigenvalue weighted by Gasteiger charge is -2.00. The summed E-state index contributed by atoms with van der Waals surface area (Å²) in [5, 5.41) is 12.2. The summed E-state index contributed by atoms with van der Waals surface area (Å²) >= 11 is 4.63. The molecule has 0 aliphatic carbocycles. The van der Waals surface area contributed by atoms with Crippen molar-refractivity contribution in [3.8, 4) is 0 Å². The third-order valence-electron chi connectivity index (χ3n) is 2.26. The lowest BCUT2D eigenvalue weighted by molar-refractivity contribution is 0.102. The number of pyridine rings is 1. The fourth-order valence-electron chi connectivity index (χ4n) is 1.42. The van der Waals surface area contributed by atoms with Gasteiger partial charge in [-0.2, -0.15) is 0 Å². The van der Waals surface area contributed by atoms with Gasteiger partial charge in [-0.15, -0.1) is 10.2 Å². The van der Waals surface area contributed by atoms with E-state index in [0.29, 0.717) is 21.2 Å². The second kappa shape index (κ2) is 6.21. The highest BCUT2D eigenvalue weighted by molar-refractivity contribution is 9.10. The molecule has 2 heterocycles. The number of rotatable bonds is 4. The van der Waals surface area contributed by atoms with Gasteiger partial charge < -0.3 is 0 Å². The molecular weight excluding hydrogens is 328 g/mol. The largest absolute Gasteiger partial charge is 0.296 e. The van der Waals surface area contributed by atoms with E-state index in [2.05, 4.69) is 50.3 Å². The van der Waals surface area contributed by atoms with E-state index in [-0.39, 0.29) is 5.91 Å². The van der Waals surface area contributed by atoms with Crippen LogP contribution in [-0.4, -0.2) is 21.1 Å². The van der Waals surface area contributed by atoms with Crippen LogP contribution in [0.5, 0.6) is 0 Å². The summed E-state index contributed by atoms with van der Waals surface area (Å²) in [6, 6.07) is 3.42. The first-order valence-electron chi connectivity index (χ1n) is 5.80. The average molecular weight is 341 g/mol. The topological polar surface area (TPSA) is 67.8 Å². The highest BCUT2D eigenvalue weighted by Gasteiger charge is 2.11. The highest BCUT2D eigenvalue weighted by Crippen LogP contribution is 2.19. The summed E-state index contributed by atoms with van der Waals surface area (Å²) in [6.45, 7) is 4.24. The van der Waals surface area contributed by atoms with Gasteiger partial charge in [-0.25, -0.2) is 4.98 Å². The highest BCUT2D eigenvalue weighted by atomic mass is 79.9. The van der Waals surface area contributed by atoms with Gasteiger partial charge in [0.2, 0.25) is 5.13 Å². The molecule has 0 unspecified atom stereocenters. The van der Waals surface area contributed by atoms with Gasteiger partial charge in [-0.3, -0.25) is 10.1 Å². The number of nitrogens with one attached hydrogen (secondary N) is 1. The van der Waals surface area contributed by atoms with E-state index in [0.717, 1.165) is 11.4 Å². The monoisotopic (exact) mass is 340 g/mol. The minimum atomic E-state index is -0.229. The van der Waals surface area contributed by atoms with Crippen molar-refractivity contribution in [2.24, 2.45) is 5.92 Å². The summed E-state index contributed by atoms with van der Waals surface area (Å²) < 4.78 is 0.694. The van der Waals surface area contributed by atoms with E-state index in [1.807, 2.05) is 0 Å². The molecule has 0 bridgehead atoms. The number of carbonyl (C=O) groups is 1. The Balaban J connectivity index is 2.02. The fraction of sp³-hybridized carbons (Fsp3) is 0.333. The van der Waals surface area contributed by atoms with Crippen LogP contribution in [-0.2, 0) is 6.42 Å². The quantitative estimate of drug-likeness (QED) is 0.868. The summed E-state index contributed by atoms with van der Waals surface area (Å²) in [5.74, 6) is 0.291. The molecule has 2 rings (SSSR count). The lowest BCUT2D eigenvalue weighted by Crippen LogP contribution is -2.11. The Labute approximate surface area is 123 Å². The van der Waals surface area contributed by atoms with Crippen LogP contribution in [0.2, 0.25) is 0 Å². The number of hydrogen-bond acceptors (Lipinski definition) is 5. The van der Waals surface area contributed by atoms with Crippen LogP contribution < -0.4 is 5.32 Å². The Morgan fingerprint density at radius 3 is 2.84 bits per heavy atom. The fourth-order valence-corrected chi connectivity index (χ4v) is 2.60. The van der Waals surface area contributed by atoms with E-state index in [4.69, 9.17) is 0 Å². The van der Waals surface area contributed by atoms with Gasteiger partial charge >= 0.3 is 0 Å². The SMILES string of the molecule is CC(C)Cc1nnc(NC(=O)c2ccc(Br)nc2)s1. The van der Waals surface area contributed by atoms with Crippen LogP contribution in [0.3, 0.4) is 0 Å². The maximum atomic E-state index is 11.9. The van der Waals surface area contributed by atoms with Gasteiger partial charge in [0.1, 0.15) is 9.61 Å². The van der Waals surface area contributed by atoms with Gasteiger partial charge in [0, 0.05) is 12.6 Å². The standard InChI is InChI=1S/C12H13BrN4OS/c1-7(2)5-10-16-17-12(19-10)15-11(18)8-3-4-9(13)14-6-8/h3-4,6-7H,5H2,1-2H3,(H,15,17,18). The van der Waals surface area contributed by atoms with E-state index >= 15 is 0 Å². The molecule has 0 atom stereocenters. The summed E-state index contributed by atoms with van der Waals surface area (Å²) in [7, 11) is 0. The van der Waals surface area contributed by atoms with Crippen molar-refractivity contribution in [1.29, 1.82) is 0 Å². The van der Waals surface area contributed by atoms with Gasteiger partial charge in [0.25, 0.3) is 5.91 Å². The molecule has 1 N–H and O–H groups in total. The van der Waals surface area contributed by atoms with E-state index in [9.17, 15) is 4.79 Å². The normalized spacial score (nSPS) is 10.7. The smallest absolute Gasteiger partial charge is 0.259 e. The molecule has 0 radical (unpaired) electrons. The average Bonchev–Trinajstić information content (AvgIpc) is 2.76. The predicted octanol–water partition coefficient (Wildman–Crippen LogP) is 3.15. The Hall–Kier alpha value is -1.34. The molecular formula is C12H13BrN4OS. The Morgan fingerprint density at radius 2 is 2.21 bits per heavy atom. The summed E-state index contributed by atoms with van der Waals surface area (Å²) in [6.07, 6.45) is 2.38. The zero-order chi connectivity index (χ0) is 13.8. The molecule has 7 heteroatoms. The zero-order valence-electron chi connectivity index (χ0n) is 10.6. The molecule has 1 amide bonds. The Morgan fingerprint density at radius 1 is 1.42 bits per heavy atom. The van der Waals surface area contributed by atoms with Gasteiger partial charge in [0.15, 0.2) is 0 Å². The van der Waals surface area contributed by atoms with Crippen LogP contribution in [0.15, 0.2) is 22.9 Å². The first-order chi connectivity index (χ1) is 9.04. The Bertz CT molecular complexity index is 567. The van der Waals surface area contributed by atoms with Crippen molar-refractivity contribution < 1.29 is 4.79 Å². The maximum absolute atomic E-state index is 11.9. The minimum absolute atomic E-state index is 0.229. The number of halogens is 1. The molecule has 0 aliphatic rings. The summed E-state index contributed by atoms with van der Waals surface area (Å²) in [5.41, 5.74) is 0.490. The minimum Gasteiger partial charge on any atom is -0.296 e. The first kappa shape index (κ1) is 14.1. The number of hydrogen-bond donors (Lipinski definition) is 1. The third-order valence-corrected chi connectivity index (χ3v) is 3.59. The molecule has 19 heavy (non-hydrogen) atoms. The molecule has 5 nitrogen and oxygen atoms in total. The molecule has 0 fully saturated rings. The first-order valence-corrected chi connectivity index (χ1v) is 7.41.